The molecule has 2 N–H and O–H groups in total. The number of hydrogen-bond donors (Lipinski definition) is 2. The number of aryl methyl sites for hydroxylation is 1. The van der Waals surface area contributed by atoms with Crippen molar-refractivity contribution in [2.45, 2.75) is 52.2 Å². The molecule has 19 heavy (non-hydrogen) atoms. The molecule has 1 amide bonds. The third kappa shape index (κ3) is 4.48. The van der Waals surface area contributed by atoms with Crippen LogP contribution in [-0.4, -0.2) is 27.6 Å². The van der Waals surface area contributed by atoms with E-state index in [4.69, 9.17) is 11.6 Å². The lowest BCUT2D eigenvalue weighted by Gasteiger charge is -2.29. The molecular weight excluding hydrogens is 264 g/mol. The van der Waals surface area contributed by atoms with Crippen molar-refractivity contribution < 1.29 is 9.90 Å². The number of carbonyl (C=O) groups excluding carboxylic acids is 1. The van der Waals surface area contributed by atoms with E-state index in [0.29, 0.717) is 10.7 Å². The van der Waals surface area contributed by atoms with Gasteiger partial charge in [-0.15, -0.1) is 0 Å². The Morgan fingerprint density at radius 1 is 1.53 bits per heavy atom. The summed E-state index contributed by atoms with van der Waals surface area (Å²) in [6, 6.07) is 3.27. The van der Waals surface area contributed by atoms with E-state index in [2.05, 4.69) is 10.3 Å². The summed E-state index contributed by atoms with van der Waals surface area (Å²) < 4.78 is 0. The van der Waals surface area contributed by atoms with E-state index in [-0.39, 0.29) is 5.91 Å². The van der Waals surface area contributed by atoms with Crippen LogP contribution in [0.5, 0.6) is 0 Å². The van der Waals surface area contributed by atoms with Crippen LogP contribution in [0.4, 0.5) is 0 Å². The first kappa shape index (κ1) is 15.9. The van der Waals surface area contributed by atoms with Crippen LogP contribution >= 0.6 is 11.6 Å². The molecule has 0 aliphatic heterocycles. The maximum atomic E-state index is 12.2. The normalized spacial score (nSPS) is 13.2. The number of nitrogens with zero attached hydrogens (tertiary/aromatic N) is 1. The Labute approximate surface area is 119 Å². The van der Waals surface area contributed by atoms with Gasteiger partial charge in [-0.05, 0) is 39.3 Å². The van der Waals surface area contributed by atoms with Gasteiger partial charge in [0.2, 0.25) is 0 Å². The van der Waals surface area contributed by atoms with E-state index in [1.54, 1.807) is 26.8 Å². The second-order valence-electron chi connectivity index (χ2n) is 5.27. The number of aromatic nitrogens is 1. The van der Waals surface area contributed by atoms with Gasteiger partial charge in [0.25, 0.3) is 5.91 Å². The number of nitrogens with one attached hydrogen (secondary N) is 1. The zero-order chi connectivity index (χ0) is 14.6. The molecule has 0 aliphatic rings. The summed E-state index contributed by atoms with van der Waals surface area (Å²) in [5.41, 5.74) is 0.574. The van der Waals surface area contributed by atoms with E-state index < -0.39 is 11.6 Å². The fourth-order valence-electron chi connectivity index (χ4n) is 1.54. The minimum atomic E-state index is -0.697. The van der Waals surface area contributed by atoms with Gasteiger partial charge in [0.15, 0.2) is 0 Å². The quantitative estimate of drug-likeness (QED) is 0.817. The lowest BCUT2D eigenvalue weighted by atomic mass is 9.98. The lowest BCUT2D eigenvalue weighted by Crippen LogP contribution is -2.51. The fraction of sp³-hybridized carbons (Fsp3) is 0.571. The van der Waals surface area contributed by atoms with E-state index >= 15 is 0 Å². The van der Waals surface area contributed by atoms with Gasteiger partial charge in [-0.3, -0.25) is 4.79 Å². The summed E-state index contributed by atoms with van der Waals surface area (Å²) in [6.07, 6.45) is 1.07. The molecule has 0 aromatic carbocycles. The molecule has 0 saturated carbocycles. The Kier molecular flexibility index (Phi) is 5.32. The maximum Gasteiger partial charge on any atom is 0.251 e. The molecule has 1 atom stereocenters. The first-order chi connectivity index (χ1) is 8.76. The van der Waals surface area contributed by atoms with E-state index in [9.17, 15) is 9.90 Å². The number of amides is 1. The van der Waals surface area contributed by atoms with Crippen molar-refractivity contribution in [1.82, 2.24) is 10.3 Å². The highest BCUT2D eigenvalue weighted by Gasteiger charge is 2.26. The van der Waals surface area contributed by atoms with Gasteiger partial charge in [-0.2, -0.15) is 0 Å². The summed E-state index contributed by atoms with van der Waals surface area (Å²) in [4.78, 5) is 16.3. The van der Waals surface area contributed by atoms with Crippen LogP contribution in [0, 0.1) is 0 Å². The number of aliphatic hydroxyl groups is 1. The van der Waals surface area contributed by atoms with Crippen LogP contribution in [-0.2, 0) is 6.42 Å². The number of halogens is 1. The molecule has 1 rings (SSSR count). The van der Waals surface area contributed by atoms with Crippen LogP contribution in [0.15, 0.2) is 12.1 Å². The highest BCUT2D eigenvalue weighted by atomic mass is 35.5. The second-order valence-corrected chi connectivity index (χ2v) is 5.66. The highest BCUT2D eigenvalue weighted by molar-refractivity contribution is 6.29. The van der Waals surface area contributed by atoms with Gasteiger partial charge in [0, 0.05) is 11.3 Å². The average molecular weight is 285 g/mol. The Balaban J connectivity index is 2.94. The van der Waals surface area contributed by atoms with Crippen molar-refractivity contribution in [3.05, 3.63) is 28.5 Å². The predicted molar refractivity (Wildman–Crippen MR) is 76.5 cm³/mol. The molecular formula is C14H21ClN2O2. The third-order valence-corrected chi connectivity index (χ3v) is 3.29. The van der Waals surface area contributed by atoms with E-state index in [0.717, 1.165) is 18.5 Å². The van der Waals surface area contributed by atoms with Crippen molar-refractivity contribution in [2.24, 2.45) is 0 Å². The summed E-state index contributed by atoms with van der Waals surface area (Å²) in [5, 5.41) is 12.7. The Morgan fingerprint density at radius 2 is 2.16 bits per heavy atom. The monoisotopic (exact) mass is 284 g/mol. The standard InChI is InChI=1S/C14H21ClN2O2/c1-5-6-11-7-10(8-12(15)16-11)13(19)17-14(3,4)9(2)18/h7-9,18H,5-6H2,1-4H3,(H,17,19). The number of rotatable bonds is 5. The van der Waals surface area contributed by atoms with Crippen molar-refractivity contribution >= 4 is 17.5 Å². The number of pyridine rings is 1. The Hall–Kier alpha value is -1.13. The minimum Gasteiger partial charge on any atom is -0.391 e. The molecule has 0 saturated heterocycles. The van der Waals surface area contributed by atoms with Crippen LogP contribution < -0.4 is 5.32 Å². The first-order valence-corrected chi connectivity index (χ1v) is 6.81. The Bertz CT molecular complexity index is 459. The predicted octanol–water partition coefficient (Wildman–Crippen LogP) is 2.58. The molecule has 0 aliphatic carbocycles. The molecule has 1 heterocycles. The Morgan fingerprint density at radius 3 is 2.68 bits per heavy atom. The van der Waals surface area contributed by atoms with Gasteiger partial charge < -0.3 is 10.4 Å². The number of carbonyl (C=O) groups is 1. The zero-order valence-electron chi connectivity index (χ0n) is 11.8. The van der Waals surface area contributed by atoms with Crippen molar-refractivity contribution in [1.29, 1.82) is 0 Å². The first-order valence-electron chi connectivity index (χ1n) is 6.43. The summed E-state index contributed by atoms with van der Waals surface area (Å²) in [5.74, 6) is -0.257. The van der Waals surface area contributed by atoms with Gasteiger partial charge in [-0.1, -0.05) is 24.9 Å². The summed E-state index contributed by atoms with van der Waals surface area (Å²) in [7, 11) is 0. The lowest BCUT2D eigenvalue weighted by molar-refractivity contribution is 0.0709. The molecule has 0 radical (unpaired) electrons. The molecule has 1 aromatic heterocycles. The highest BCUT2D eigenvalue weighted by Crippen LogP contribution is 2.15. The number of hydrogen-bond acceptors (Lipinski definition) is 3. The topological polar surface area (TPSA) is 62.2 Å². The molecule has 0 fully saturated rings. The van der Waals surface area contributed by atoms with E-state index in [1.807, 2.05) is 6.92 Å². The second kappa shape index (κ2) is 6.35. The SMILES string of the molecule is CCCc1cc(C(=O)NC(C)(C)C(C)O)cc(Cl)n1. The van der Waals surface area contributed by atoms with Gasteiger partial charge in [0.05, 0.1) is 11.6 Å². The number of aliphatic hydroxyl groups excluding tert-OH is 1. The van der Waals surface area contributed by atoms with E-state index in [1.165, 1.54) is 6.07 Å². The third-order valence-electron chi connectivity index (χ3n) is 3.10. The summed E-state index contributed by atoms with van der Waals surface area (Å²) in [6.45, 7) is 7.22. The maximum absolute atomic E-state index is 12.2. The fourth-order valence-corrected chi connectivity index (χ4v) is 1.76. The molecule has 1 aromatic rings. The van der Waals surface area contributed by atoms with Crippen LogP contribution in [0.2, 0.25) is 5.15 Å². The molecule has 1 unspecified atom stereocenters. The minimum absolute atomic E-state index is 0.257. The van der Waals surface area contributed by atoms with Crippen molar-refractivity contribution in [3.63, 3.8) is 0 Å². The van der Waals surface area contributed by atoms with Crippen LogP contribution in [0.25, 0.3) is 0 Å². The molecule has 4 nitrogen and oxygen atoms in total. The van der Waals surface area contributed by atoms with Crippen LogP contribution in [0.3, 0.4) is 0 Å². The molecule has 0 spiro atoms. The van der Waals surface area contributed by atoms with Gasteiger partial charge in [0.1, 0.15) is 5.15 Å². The van der Waals surface area contributed by atoms with Crippen molar-refractivity contribution in [3.8, 4) is 0 Å². The molecule has 0 bridgehead atoms. The molecule has 106 valence electrons. The smallest absolute Gasteiger partial charge is 0.251 e. The largest absolute Gasteiger partial charge is 0.391 e. The van der Waals surface area contributed by atoms with Gasteiger partial charge in [-0.25, -0.2) is 4.98 Å². The van der Waals surface area contributed by atoms with Crippen molar-refractivity contribution in [2.75, 3.05) is 0 Å². The van der Waals surface area contributed by atoms with Gasteiger partial charge >= 0.3 is 0 Å². The zero-order valence-corrected chi connectivity index (χ0v) is 12.6. The summed E-state index contributed by atoms with van der Waals surface area (Å²) >= 11 is 5.92. The van der Waals surface area contributed by atoms with Crippen LogP contribution in [0.1, 0.15) is 50.2 Å². The average Bonchev–Trinajstić information content (AvgIpc) is 2.27. The molecule has 5 heteroatoms.